The van der Waals surface area contributed by atoms with Crippen LogP contribution in [-0.2, 0) is 20.2 Å². The van der Waals surface area contributed by atoms with Gasteiger partial charge in [-0.3, -0.25) is 9.11 Å². The molecule has 16 heteroatoms. The standard InChI is InChI=1S/C32H23N5O7S2.2Na/c38-32-25-13-7-6-12-24(25)30(45(39,40)41)19-29(32)37-36-27-17-16-26(22-10-4-5-11-23(22)27)35-34-21-14-15-28(31(18-21)46(42,43)44)33-20-8-2-1-3-9-20;;/h1-19,33,38H,(H,39,40,41)(H,42,43,44);;. The number of phenols is 1. The third-order valence-electron chi connectivity index (χ3n) is 6.95. The van der Waals surface area contributed by atoms with Gasteiger partial charge in [-0.1, -0.05) is 66.7 Å². The van der Waals surface area contributed by atoms with E-state index in [1.54, 1.807) is 78.9 Å². The Bertz CT molecular complexity index is 2430. The molecule has 0 aromatic heterocycles. The molecule has 0 spiro atoms. The van der Waals surface area contributed by atoms with Crippen molar-refractivity contribution in [2.24, 2.45) is 20.5 Å². The summed E-state index contributed by atoms with van der Waals surface area (Å²) in [4.78, 5) is -0.793. The molecule has 6 aromatic rings. The number of benzene rings is 6. The molecule has 0 bridgehead atoms. The molecule has 0 atom stereocenters. The summed E-state index contributed by atoms with van der Waals surface area (Å²) in [5.74, 6) is -0.310. The van der Waals surface area contributed by atoms with Crippen LogP contribution in [0.5, 0.6) is 5.75 Å². The average molecular weight is 700 g/mol. The molecule has 232 valence electrons. The largest absolute Gasteiger partial charge is 0.505 e. The summed E-state index contributed by atoms with van der Waals surface area (Å²) in [6.07, 6.45) is 0. The third kappa shape index (κ3) is 8.18. The van der Waals surface area contributed by atoms with Gasteiger partial charge in [-0.15, -0.1) is 15.3 Å². The van der Waals surface area contributed by atoms with Gasteiger partial charge in [0.1, 0.15) is 15.5 Å². The Hall–Kier alpha value is -3.54. The topological polar surface area (TPSA) is 190 Å². The van der Waals surface area contributed by atoms with Gasteiger partial charge in [0.25, 0.3) is 20.2 Å². The molecule has 0 heterocycles. The number of anilines is 2. The van der Waals surface area contributed by atoms with E-state index in [-0.39, 0.29) is 97.6 Å². The quantitative estimate of drug-likeness (QED) is 0.0698. The van der Waals surface area contributed by atoms with Crippen molar-refractivity contribution in [2.45, 2.75) is 9.79 Å². The maximum absolute atomic E-state index is 12.2. The fourth-order valence-corrected chi connectivity index (χ4v) is 6.21. The number of hydrogen-bond donors (Lipinski definition) is 4. The number of nitrogens with zero attached hydrogens (tertiary/aromatic N) is 4. The van der Waals surface area contributed by atoms with Crippen molar-refractivity contribution in [1.29, 1.82) is 0 Å². The second-order valence-corrected chi connectivity index (χ2v) is 12.7. The average Bonchev–Trinajstić information content (AvgIpc) is 3.04. The second-order valence-electron chi connectivity index (χ2n) is 9.96. The van der Waals surface area contributed by atoms with E-state index >= 15 is 0 Å². The molecule has 6 aromatic carbocycles. The number of nitrogens with one attached hydrogen (secondary N) is 1. The molecule has 0 fully saturated rings. The first-order chi connectivity index (χ1) is 22.0. The minimum Gasteiger partial charge on any atom is -0.505 e. The fourth-order valence-electron chi connectivity index (χ4n) is 4.83. The molecule has 0 aliphatic carbocycles. The zero-order chi connectivity index (χ0) is 32.5. The number of aromatic hydroxyl groups is 1. The molecule has 12 nitrogen and oxygen atoms in total. The van der Waals surface area contributed by atoms with Crippen molar-refractivity contribution >= 4 is 135 Å². The van der Waals surface area contributed by atoms with E-state index in [0.717, 1.165) is 6.07 Å². The maximum atomic E-state index is 12.2. The molecule has 6 rings (SSSR count). The van der Waals surface area contributed by atoms with Crippen LogP contribution in [-0.4, -0.2) is 90.2 Å². The van der Waals surface area contributed by atoms with Crippen LogP contribution in [0.2, 0.25) is 0 Å². The SMILES string of the molecule is O=S(=O)(O)c1cc(N=Nc2ccc(N=Nc3cc(S(=O)(=O)O)c4ccccc4c3O)c3ccccc23)ccc1Nc1ccccc1.[Na].[Na]. The van der Waals surface area contributed by atoms with Crippen LogP contribution < -0.4 is 5.32 Å². The van der Waals surface area contributed by atoms with Crippen LogP contribution >= 0.6 is 0 Å². The minimum atomic E-state index is -4.64. The van der Waals surface area contributed by atoms with Crippen molar-refractivity contribution in [2.75, 3.05) is 5.32 Å². The Morgan fingerprint density at radius 1 is 0.500 bits per heavy atom. The van der Waals surface area contributed by atoms with E-state index < -0.39 is 25.1 Å². The summed E-state index contributed by atoms with van der Waals surface area (Å²) in [7, 11) is -9.24. The Balaban J connectivity index is 0.00000260. The smallest absolute Gasteiger partial charge is 0.296 e. The predicted molar refractivity (Wildman–Crippen MR) is 185 cm³/mol. The zero-order valence-electron chi connectivity index (χ0n) is 25.5. The third-order valence-corrected chi connectivity index (χ3v) is 8.74. The van der Waals surface area contributed by atoms with Crippen molar-refractivity contribution in [3.05, 3.63) is 115 Å². The van der Waals surface area contributed by atoms with Gasteiger partial charge in [0.15, 0.2) is 5.75 Å². The van der Waals surface area contributed by atoms with Gasteiger partial charge in [0.2, 0.25) is 0 Å². The van der Waals surface area contributed by atoms with Crippen molar-refractivity contribution in [1.82, 2.24) is 0 Å². The number of rotatable bonds is 8. The van der Waals surface area contributed by atoms with Gasteiger partial charge < -0.3 is 10.4 Å². The molecule has 0 saturated heterocycles. The summed E-state index contributed by atoms with van der Waals surface area (Å²) in [6, 6.07) is 30.5. The molecule has 48 heavy (non-hydrogen) atoms. The fraction of sp³-hybridized carbons (Fsp3) is 0. The van der Waals surface area contributed by atoms with Crippen LogP contribution in [0.15, 0.2) is 146 Å². The van der Waals surface area contributed by atoms with Crippen molar-refractivity contribution < 1.29 is 31.0 Å². The zero-order valence-corrected chi connectivity index (χ0v) is 31.2. The van der Waals surface area contributed by atoms with Crippen molar-refractivity contribution in [3.8, 4) is 5.75 Å². The van der Waals surface area contributed by atoms with E-state index in [1.165, 1.54) is 24.3 Å². The van der Waals surface area contributed by atoms with Crippen LogP contribution in [0.3, 0.4) is 0 Å². The van der Waals surface area contributed by atoms with Gasteiger partial charge in [-0.05, 0) is 48.5 Å². The Kier molecular flexibility index (Phi) is 11.9. The van der Waals surface area contributed by atoms with Gasteiger partial charge in [0, 0.05) is 86.3 Å². The van der Waals surface area contributed by atoms with E-state index in [0.29, 0.717) is 27.8 Å². The summed E-state index contributed by atoms with van der Waals surface area (Å²) >= 11 is 0. The van der Waals surface area contributed by atoms with E-state index in [4.69, 9.17) is 0 Å². The number of phenolic OH excluding ortho intramolecular Hbond substituents is 1. The first-order valence-corrected chi connectivity index (χ1v) is 16.4. The molecule has 0 aliphatic heterocycles. The van der Waals surface area contributed by atoms with E-state index in [1.807, 2.05) is 6.07 Å². The Labute approximate surface area is 319 Å². The number of azo groups is 2. The normalized spacial score (nSPS) is 11.9. The maximum Gasteiger partial charge on any atom is 0.296 e. The molecule has 0 unspecified atom stereocenters. The molecular weight excluding hydrogens is 676 g/mol. The molecule has 0 amide bonds. The van der Waals surface area contributed by atoms with Crippen LogP contribution in [0, 0.1) is 0 Å². The summed E-state index contributed by atoms with van der Waals surface area (Å²) in [6.45, 7) is 0. The van der Waals surface area contributed by atoms with Crippen LogP contribution in [0.1, 0.15) is 0 Å². The number of hydrogen-bond acceptors (Lipinski definition) is 10. The summed E-state index contributed by atoms with van der Waals surface area (Å²) < 4.78 is 68.1. The monoisotopic (exact) mass is 699 g/mol. The van der Waals surface area contributed by atoms with E-state index in [2.05, 4.69) is 25.8 Å². The van der Waals surface area contributed by atoms with Crippen LogP contribution in [0.4, 0.5) is 34.1 Å². The second kappa shape index (κ2) is 15.3. The van der Waals surface area contributed by atoms with Crippen LogP contribution in [0.25, 0.3) is 21.5 Å². The first kappa shape index (κ1) is 37.3. The van der Waals surface area contributed by atoms with Crippen molar-refractivity contribution in [3.63, 3.8) is 0 Å². The minimum absolute atomic E-state index is 0. The predicted octanol–water partition coefficient (Wildman–Crippen LogP) is 8.00. The molecular formula is C32H23N5Na2O7S2. The van der Waals surface area contributed by atoms with Gasteiger partial charge in [-0.2, -0.15) is 21.9 Å². The van der Waals surface area contributed by atoms with Gasteiger partial charge in [0.05, 0.1) is 22.7 Å². The van der Waals surface area contributed by atoms with Gasteiger partial charge in [-0.25, -0.2) is 0 Å². The molecule has 2 radical (unpaired) electrons. The van der Waals surface area contributed by atoms with E-state index in [9.17, 15) is 31.0 Å². The summed E-state index contributed by atoms with van der Waals surface area (Å²) in [5.41, 5.74) is 1.56. The number of para-hydroxylation sites is 1. The molecule has 4 N–H and O–H groups in total. The summed E-state index contributed by atoms with van der Waals surface area (Å²) in [5, 5.41) is 32.1. The molecule has 0 saturated carbocycles. The Morgan fingerprint density at radius 3 is 1.58 bits per heavy atom. The molecule has 0 aliphatic rings. The number of fused-ring (bicyclic) bond motifs is 2. The first-order valence-electron chi connectivity index (χ1n) is 13.5. The Morgan fingerprint density at radius 2 is 1.00 bits per heavy atom. The van der Waals surface area contributed by atoms with Gasteiger partial charge >= 0.3 is 0 Å².